The van der Waals surface area contributed by atoms with Crippen LogP contribution >= 0.6 is 0 Å². The molecule has 2 heterocycles. The number of pyridine rings is 1. The summed E-state index contributed by atoms with van der Waals surface area (Å²) in [6.07, 6.45) is 1.20. The van der Waals surface area contributed by atoms with Gasteiger partial charge in [-0.25, -0.2) is 18.5 Å². The van der Waals surface area contributed by atoms with Gasteiger partial charge in [0.15, 0.2) is 0 Å². The summed E-state index contributed by atoms with van der Waals surface area (Å²) in [6, 6.07) is 2.57. The second-order valence-electron chi connectivity index (χ2n) is 4.42. The minimum atomic E-state index is -3.76. The van der Waals surface area contributed by atoms with E-state index in [0.29, 0.717) is 18.9 Å². The number of nitrogens with zero attached hydrogens (tertiary/aromatic N) is 2. The maximum atomic E-state index is 11.8. The number of carbonyl (C=O) groups is 1. The van der Waals surface area contributed by atoms with Gasteiger partial charge in [0.25, 0.3) is 0 Å². The largest absolute Gasteiger partial charge is 0.357 e. The molecular weight excluding hydrogens is 282 g/mol. The zero-order valence-corrected chi connectivity index (χ0v) is 11.9. The fourth-order valence-corrected chi connectivity index (χ4v) is 2.55. The molecule has 2 rings (SSSR count). The van der Waals surface area contributed by atoms with Crippen LogP contribution in [0.2, 0.25) is 0 Å². The highest BCUT2D eigenvalue weighted by molar-refractivity contribution is 7.89. The molecule has 1 amide bonds. The van der Waals surface area contributed by atoms with Gasteiger partial charge in [-0.15, -0.1) is 0 Å². The van der Waals surface area contributed by atoms with Gasteiger partial charge in [0.2, 0.25) is 15.9 Å². The fourth-order valence-electron chi connectivity index (χ4n) is 2.09. The number of piperazine rings is 1. The Hall–Kier alpha value is -1.71. The normalized spacial score (nSPS) is 19.7. The van der Waals surface area contributed by atoms with Crippen LogP contribution in [0.3, 0.4) is 0 Å². The van der Waals surface area contributed by atoms with Crippen molar-refractivity contribution in [3.8, 4) is 0 Å². The van der Waals surface area contributed by atoms with Crippen molar-refractivity contribution >= 4 is 21.7 Å². The quantitative estimate of drug-likeness (QED) is 0.609. The molecule has 1 saturated heterocycles. The summed E-state index contributed by atoms with van der Waals surface area (Å²) in [6.45, 7) is 1.85. The number of sulfonamides is 1. The lowest BCUT2D eigenvalue weighted by Crippen LogP contribution is -2.57. The van der Waals surface area contributed by atoms with Crippen molar-refractivity contribution < 1.29 is 13.2 Å². The lowest BCUT2D eigenvalue weighted by atomic mass is 10.1. The Balaban J connectivity index is 2.26. The molecule has 0 aliphatic carbocycles. The molecule has 1 unspecified atom stereocenters. The molecule has 1 aromatic heterocycles. The van der Waals surface area contributed by atoms with E-state index in [1.807, 2.05) is 4.90 Å². The average molecular weight is 299 g/mol. The predicted molar refractivity (Wildman–Crippen MR) is 73.7 cm³/mol. The molecule has 20 heavy (non-hydrogen) atoms. The van der Waals surface area contributed by atoms with Gasteiger partial charge in [0.05, 0.1) is 0 Å². The van der Waals surface area contributed by atoms with Crippen LogP contribution in [0.25, 0.3) is 0 Å². The number of hydrogen-bond donors (Lipinski definition) is 3. The molecule has 1 aromatic rings. The highest BCUT2D eigenvalue weighted by Crippen LogP contribution is 2.17. The van der Waals surface area contributed by atoms with E-state index in [4.69, 9.17) is 5.14 Å². The number of primary sulfonamides is 1. The fraction of sp³-hybridized carbons (Fsp3) is 0.455. The van der Waals surface area contributed by atoms with E-state index < -0.39 is 10.0 Å². The first-order chi connectivity index (χ1) is 9.43. The number of aromatic nitrogens is 1. The first-order valence-electron chi connectivity index (χ1n) is 6.11. The number of nitrogens with one attached hydrogen (secondary N) is 2. The predicted octanol–water partition coefficient (Wildman–Crippen LogP) is -1.75. The van der Waals surface area contributed by atoms with Crippen molar-refractivity contribution in [2.24, 2.45) is 5.14 Å². The number of likely N-dealkylation sites (N-methyl/N-ethyl adjacent to an activating group) is 1. The lowest BCUT2D eigenvalue weighted by molar-refractivity contribution is -0.122. The molecular formula is C11H17N5O3S. The number of hydrogen-bond acceptors (Lipinski definition) is 6. The molecule has 0 aromatic carbocycles. The van der Waals surface area contributed by atoms with Crippen molar-refractivity contribution in [1.29, 1.82) is 0 Å². The summed E-state index contributed by atoms with van der Waals surface area (Å²) < 4.78 is 22.4. The van der Waals surface area contributed by atoms with E-state index in [-0.39, 0.29) is 16.8 Å². The van der Waals surface area contributed by atoms with Gasteiger partial charge < -0.3 is 15.5 Å². The van der Waals surface area contributed by atoms with Crippen LogP contribution in [0.1, 0.15) is 0 Å². The zero-order chi connectivity index (χ0) is 14.8. The van der Waals surface area contributed by atoms with Gasteiger partial charge in [-0.05, 0) is 12.1 Å². The highest BCUT2D eigenvalue weighted by atomic mass is 32.2. The zero-order valence-electron chi connectivity index (χ0n) is 11.0. The first kappa shape index (κ1) is 14.7. The summed E-state index contributed by atoms with van der Waals surface area (Å²) in [5.74, 6) is 0.432. The SMILES string of the molecule is CNC(=O)C1CNCCN1c1ccc(S(N)(=O)=O)cn1. The molecule has 1 fully saturated rings. The third-order valence-corrected chi connectivity index (χ3v) is 4.03. The topological polar surface area (TPSA) is 117 Å². The van der Waals surface area contributed by atoms with E-state index in [1.165, 1.54) is 12.3 Å². The Morgan fingerprint density at radius 1 is 1.55 bits per heavy atom. The first-order valence-corrected chi connectivity index (χ1v) is 7.66. The molecule has 1 aliphatic heterocycles. The summed E-state index contributed by atoms with van der Waals surface area (Å²) in [5, 5.41) is 10.8. The molecule has 8 nitrogen and oxygen atoms in total. The highest BCUT2D eigenvalue weighted by Gasteiger charge is 2.28. The average Bonchev–Trinajstić information content (AvgIpc) is 2.45. The van der Waals surface area contributed by atoms with Crippen LogP contribution in [0.5, 0.6) is 0 Å². The van der Waals surface area contributed by atoms with Crippen LogP contribution in [0, 0.1) is 0 Å². The van der Waals surface area contributed by atoms with Gasteiger partial charge in [-0.3, -0.25) is 4.79 Å². The molecule has 0 radical (unpaired) electrons. The molecule has 0 bridgehead atoms. The monoisotopic (exact) mass is 299 g/mol. The Kier molecular flexibility index (Phi) is 4.21. The Labute approximate surface area is 117 Å². The number of nitrogens with two attached hydrogens (primary N) is 1. The minimum absolute atomic E-state index is 0.0483. The second kappa shape index (κ2) is 5.73. The molecule has 9 heteroatoms. The van der Waals surface area contributed by atoms with Gasteiger partial charge in [0.1, 0.15) is 16.8 Å². The van der Waals surface area contributed by atoms with Gasteiger partial charge in [0, 0.05) is 32.9 Å². The maximum Gasteiger partial charge on any atom is 0.243 e. The lowest BCUT2D eigenvalue weighted by Gasteiger charge is -2.35. The summed E-state index contributed by atoms with van der Waals surface area (Å²) in [7, 11) is -2.18. The Bertz CT molecular complexity index is 587. The van der Waals surface area contributed by atoms with Crippen LogP contribution in [-0.4, -0.2) is 52.0 Å². The molecule has 0 spiro atoms. The van der Waals surface area contributed by atoms with Crippen LogP contribution in [-0.2, 0) is 14.8 Å². The van der Waals surface area contributed by atoms with E-state index in [0.717, 1.165) is 6.54 Å². The van der Waals surface area contributed by atoms with Crippen molar-refractivity contribution in [2.75, 3.05) is 31.6 Å². The molecule has 4 N–H and O–H groups in total. The van der Waals surface area contributed by atoms with E-state index in [2.05, 4.69) is 15.6 Å². The Morgan fingerprint density at radius 3 is 2.85 bits per heavy atom. The Morgan fingerprint density at radius 2 is 2.30 bits per heavy atom. The van der Waals surface area contributed by atoms with E-state index >= 15 is 0 Å². The molecule has 1 atom stereocenters. The maximum absolute atomic E-state index is 11.8. The molecule has 0 saturated carbocycles. The number of amides is 1. The van der Waals surface area contributed by atoms with Crippen LogP contribution < -0.4 is 20.7 Å². The molecule has 1 aliphatic rings. The van der Waals surface area contributed by atoms with Crippen LogP contribution in [0.4, 0.5) is 5.82 Å². The number of anilines is 1. The van der Waals surface area contributed by atoms with Crippen molar-refractivity contribution in [2.45, 2.75) is 10.9 Å². The minimum Gasteiger partial charge on any atom is -0.357 e. The van der Waals surface area contributed by atoms with Crippen molar-refractivity contribution in [3.63, 3.8) is 0 Å². The molecule has 110 valence electrons. The van der Waals surface area contributed by atoms with Gasteiger partial charge in [-0.1, -0.05) is 0 Å². The van der Waals surface area contributed by atoms with Gasteiger partial charge in [-0.2, -0.15) is 0 Å². The van der Waals surface area contributed by atoms with E-state index in [1.54, 1.807) is 13.1 Å². The van der Waals surface area contributed by atoms with Crippen molar-refractivity contribution in [1.82, 2.24) is 15.6 Å². The van der Waals surface area contributed by atoms with E-state index in [9.17, 15) is 13.2 Å². The third-order valence-electron chi connectivity index (χ3n) is 3.14. The van der Waals surface area contributed by atoms with Crippen LogP contribution in [0.15, 0.2) is 23.2 Å². The summed E-state index contributed by atoms with van der Waals surface area (Å²) >= 11 is 0. The number of carbonyl (C=O) groups excluding carboxylic acids is 1. The summed E-state index contributed by atoms with van der Waals surface area (Å²) in [4.78, 5) is 17.7. The number of rotatable bonds is 3. The van der Waals surface area contributed by atoms with Crippen molar-refractivity contribution in [3.05, 3.63) is 18.3 Å². The third kappa shape index (κ3) is 3.06. The second-order valence-corrected chi connectivity index (χ2v) is 5.99. The standard InChI is InChI=1S/C11H17N5O3S/c1-13-11(17)9-7-14-4-5-16(9)10-3-2-8(6-15-10)20(12,18)19/h2-3,6,9,14H,4-5,7H2,1H3,(H,13,17)(H2,12,18,19). The smallest absolute Gasteiger partial charge is 0.243 e. The summed E-state index contributed by atoms with van der Waals surface area (Å²) in [5.41, 5.74) is 0. The van der Waals surface area contributed by atoms with Gasteiger partial charge >= 0.3 is 0 Å².